The first-order valence-corrected chi connectivity index (χ1v) is 10.6. The van der Waals surface area contributed by atoms with Crippen molar-refractivity contribution >= 4 is 17.8 Å². The molecule has 2 N–H and O–H groups in total. The highest BCUT2D eigenvalue weighted by molar-refractivity contribution is 5.96. The van der Waals surface area contributed by atoms with Crippen molar-refractivity contribution in [3.63, 3.8) is 0 Å². The molecule has 168 valence electrons. The summed E-state index contributed by atoms with van der Waals surface area (Å²) in [5.41, 5.74) is -1.13. The largest absolute Gasteiger partial charge is 0.464 e. The average Bonchev–Trinajstić information content (AvgIpc) is 3.30. The fourth-order valence-corrected chi connectivity index (χ4v) is 3.83. The van der Waals surface area contributed by atoms with Crippen LogP contribution in [-0.4, -0.2) is 71.3 Å². The van der Waals surface area contributed by atoms with E-state index in [9.17, 15) is 19.5 Å². The van der Waals surface area contributed by atoms with E-state index in [1.165, 1.54) is 4.90 Å². The van der Waals surface area contributed by atoms with Gasteiger partial charge in [-0.25, -0.2) is 4.79 Å². The molecule has 2 amide bonds. The van der Waals surface area contributed by atoms with Crippen LogP contribution in [0, 0.1) is 5.92 Å². The molecule has 0 aromatic rings. The van der Waals surface area contributed by atoms with E-state index in [2.05, 4.69) is 18.5 Å². The van der Waals surface area contributed by atoms with E-state index >= 15 is 0 Å². The number of amides is 2. The van der Waals surface area contributed by atoms with Gasteiger partial charge in [-0.2, -0.15) is 0 Å². The van der Waals surface area contributed by atoms with Gasteiger partial charge in [-0.15, -0.1) is 13.2 Å². The number of likely N-dealkylation sites (tertiary alicyclic amines) is 1. The Kier molecular flexibility index (Phi) is 8.61. The lowest BCUT2D eigenvalue weighted by molar-refractivity contribution is -0.151. The van der Waals surface area contributed by atoms with Crippen LogP contribution in [0.25, 0.3) is 0 Å². The predicted molar refractivity (Wildman–Crippen MR) is 111 cm³/mol. The first kappa shape index (κ1) is 24.1. The number of ether oxygens (including phenoxy) is 2. The standard InChI is InChI=1S/C22H34N2O6/c1-5-8-9-10-11-30-15(4)20(27)24-14-17(25)12-18(24)19(26)23-22(13-16(22)6-2)21(28)29-7-3/h5-6,15-18,25H,1-2,7-14H2,3-4H3,(H,23,26)/t15?,16-,17+,18+,22-/m1/s1. The molecule has 1 saturated carbocycles. The molecule has 0 bridgehead atoms. The molecule has 0 aromatic heterocycles. The number of rotatable bonds is 12. The molecule has 1 unspecified atom stereocenters. The molecule has 2 rings (SSSR count). The smallest absolute Gasteiger partial charge is 0.332 e. The number of hydrogen-bond acceptors (Lipinski definition) is 6. The minimum atomic E-state index is -1.13. The van der Waals surface area contributed by atoms with Gasteiger partial charge in [0.05, 0.1) is 12.7 Å². The molecule has 0 spiro atoms. The quantitative estimate of drug-likeness (QED) is 0.279. The monoisotopic (exact) mass is 422 g/mol. The Hall–Kier alpha value is -2.19. The summed E-state index contributed by atoms with van der Waals surface area (Å²) in [6.45, 7) is 11.4. The van der Waals surface area contributed by atoms with Crippen LogP contribution in [0.1, 0.15) is 46.0 Å². The Bertz CT molecular complexity index is 666. The number of β-amino-alcohol motifs (C(OH)–C–C–N with tert-alkyl or cyclic N) is 1. The molecule has 0 aromatic carbocycles. The van der Waals surface area contributed by atoms with E-state index < -0.39 is 35.7 Å². The van der Waals surface area contributed by atoms with Gasteiger partial charge in [0.2, 0.25) is 5.91 Å². The predicted octanol–water partition coefficient (Wildman–Crippen LogP) is 1.33. The number of carbonyl (C=O) groups is 3. The number of unbranched alkanes of at least 4 members (excludes halogenated alkanes) is 2. The van der Waals surface area contributed by atoms with Crippen molar-refractivity contribution in [1.82, 2.24) is 10.2 Å². The first-order chi connectivity index (χ1) is 14.3. The van der Waals surface area contributed by atoms with Crippen molar-refractivity contribution in [3.8, 4) is 0 Å². The zero-order valence-corrected chi connectivity index (χ0v) is 18.0. The van der Waals surface area contributed by atoms with Crippen molar-refractivity contribution in [2.75, 3.05) is 19.8 Å². The van der Waals surface area contributed by atoms with Crippen LogP contribution in [0.4, 0.5) is 0 Å². The van der Waals surface area contributed by atoms with Crippen molar-refractivity contribution in [3.05, 3.63) is 25.3 Å². The maximum absolute atomic E-state index is 13.0. The third-order valence-corrected chi connectivity index (χ3v) is 5.67. The summed E-state index contributed by atoms with van der Waals surface area (Å²) in [5.74, 6) is -1.54. The Balaban J connectivity index is 2.00. The summed E-state index contributed by atoms with van der Waals surface area (Å²) < 4.78 is 10.7. The van der Waals surface area contributed by atoms with Crippen molar-refractivity contribution in [2.24, 2.45) is 5.92 Å². The SMILES string of the molecule is C=CCCCCOC(C)C(=O)N1C[C@@H](O)C[C@H]1C(=O)N[C@]1(C(=O)OCC)C[C@H]1C=C. The van der Waals surface area contributed by atoms with Crippen LogP contribution in [0.5, 0.6) is 0 Å². The Morgan fingerprint density at radius 3 is 2.67 bits per heavy atom. The third kappa shape index (κ3) is 5.49. The summed E-state index contributed by atoms with van der Waals surface area (Å²) in [7, 11) is 0. The van der Waals surface area contributed by atoms with Gasteiger partial charge in [0, 0.05) is 25.5 Å². The maximum atomic E-state index is 13.0. The van der Waals surface area contributed by atoms with Crippen LogP contribution in [0.15, 0.2) is 25.3 Å². The van der Waals surface area contributed by atoms with Crippen LogP contribution in [0.2, 0.25) is 0 Å². The molecule has 30 heavy (non-hydrogen) atoms. The Morgan fingerprint density at radius 2 is 2.07 bits per heavy atom. The molecular weight excluding hydrogens is 388 g/mol. The molecule has 1 aliphatic carbocycles. The number of allylic oxidation sites excluding steroid dienone is 1. The van der Waals surface area contributed by atoms with E-state index in [1.807, 2.05) is 6.08 Å². The first-order valence-electron chi connectivity index (χ1n) is 10.6. The van der Waals surface area contributed by atoms with Gasteiger partial charge in [-0.05, 0) is 39.5 Å². The molecule has 8 nitrogen and oxygen atoms in total. The number of aliphatic hydroxyl groups excluding tert-OH is 1. The summed E-state index contributed by atoms with van der Waals surface area (Å²) in [4.78, 5) is 39.6. The number of esters is 1. The van der Waals surface area contributed by atoms with Gasteiger partial charge in [0.1, 0.15) is 17.7 Å². The average molecular weight is 423 g/mol. The maximum Gasteiger partial charge on any atom is 0.332 e. The highest BCUT2D eigenvalue weighted by atomic mass is 16.5. The Labute approximate surface area is 178 Å². The number of aliphatic hydroxyl groups is 1. The summed E-state index contributed by atoms with van der Waals surface area (Å²) in [6, 6.07) is -0.864. The van der Waals surface area contributed by atoms with Crippen LogP contribution >= 0.6 is 0 Å². The fraction of sp³-hybridized carbons (Fsp3) is 0.682. The van der Waals surface area contributed by atoms with Gasteiger partial charge >= 0.3 is 5.97 Å². The number of nitrogens with one attached hydrogen (secondary N) is 1. The van der Waals surface area contributed by atoms with Crippen molar-refractivity contribution in [1.29, 1.82) is 0 Å². The lowest BCUT2D eigenvalue weighted by Gasteiger charge is -2.28. The molecule has 1 heterocycles. The second kappa shape index (κ2) is 10.7. The molecule has 8 heteroatoms. The molecule has 1 aliphatic heterocycles. The summed E-state index contributed by atoms with van der Waals surface area (Å²) >= 11 is 0. The van der Waals surface area contributed by atoms with E-state index in [-0.39, 0.29) is 31.4 Å². The van der Waals surface area contributed by atoms with E-state index in [1.54, 1.807) is 19.9 Å². The van der Waals surface area contributed by atoms with E-state index in [0.717, 1.165) is 19.3 Å². The van der Waals surface area contributed by atoms with Crippen LogP contribution < -0.4 is 5.32 Å². The van der Waals surface area contributed by atoms with Crippen molar-refractivity contribution in [2.45, 2.75) is 69.7 Å². The zero-order chi connectivity index (χ0) is 22.3. The molecule has 2 aliphatic rings. The highest BCUT2D eigenvalue weighted by Crippen LogP contribution is 2.45. The Morgan fingerprint density at radius 1 is 1.33 bits per heavy atom. The van der Waals surface area contributed by atoms with Crippen molar-refractivity contribution < 1.29 is 29.0 Å². The molecular formula is C22H34N2O6. The van der Waals surface area contributed by atoms with Gasteiger partial charge in [-0.3, -0.25) is 9.59 Å². The second-order valence-corrected chi connectivity index (χ2v) is 7.92. The number of hydrogen-bond donors (Lipinski definition) is 2. The fourth-order valence-electron chi connectivity index (χ4n) is 3.83. The molecule has 5 atom stereocenters. The van der Waals surface area contributed by atoms with E-state index in [4.69, 9.17) is 9.47 Å². The topological polar surface area (TPSA) is 105 Å². The van der Waals surface area contributed by atoms with Gasteiger partial charge in [0.15, 0.2) is 0 Å². The molecule has 1 saturated heterocycles. The zero-order valence-electron chi connectivity index (χ0n) is 18.0. The lowest BCUT2D eigenvalue weighted by Crippen LogP contribution is -2.54. The molecule has 2 fully saturated rings. The molecule has 0 radical (unpaired) electrons. The van der Waals surface area contributed by atoms with Gasteiger partial charge < -0.3 is 24.8 Å². The second-order valence-electron chi connectivity index (χ2n) is 7.92. The minimum Gasteiger partial charge on any atom is -0.464 e. The summed E-state index contributed by atoms with van der Waals surface area (Å²) in [6.07, 6.45) is 5.07. The number of nitrogens with zero attached hydrogens (tertiary/aromatic N) is 1. The summed E-state index contributed by atoms with van der Waals surface area (Å²) in [5, 5.41) is 12.9. The number of carbonyl (C=O) groups excluding carboxylic acids is 3. The van der Waals surface area contributed by atoms with Crippen LogP contribution in [-0.2, 0) is 23.9 Å². The van der Waals surface area contributed by atoms with E-state index in [0.29, 0.717) is 13.0 Å². The minimum absolute atomic E-state index is 0.0539. The van der Waals surface area contributed by atoms with Gasteiger partial charge in [0.25, 0.3) is 5.91 Å². The lowest BCUT2D eigenvalue weighted by atomic mass is 10.1. The van der Waals surface area contributed by atoms with Gasteiger partial charge in [-0.1, -0.05) is 12.2 Å². The normalized spacial score (nSPS) is 28.5. The highest BCUT2D eigenvalue weighted by Gasteiger charge is 2.62. The van der Waals surface area contributed by atoms with Crippen LogP contribution in [0.3, 0.4) is 0 Å². The third-order valence-electron chi connectivity index (χ3n) is 5.67.